The van der Waals surface area contributed by atoms with E-state index >= 15 is 0 Å². The number of benzene rings is 2. The number of nitriles is 1. The van der Waals surface area contributed by atoms with Crippen molar-refractivity contribution in [2.45, 2.75) is 0 Å². The quantitative estimate of drug-likeness (QED) is 0.554. The van der Waals surface area contributed by atoms with Crippen molar-refractivity contribution in [3.05, 3.63) is 69.7 Å². The molecule has 0 bridgehead atoms. The summed E-state index contributed by atoms with van der Waals surface area (Å²) >= 11 is 11.9. The fourth-order valence-corrected chi connectivity index (χ4v) is 2.03. The second kappa shape index (κ2) is 5.73. The highest BCUT2D eigenvalue weighted by molar-refractivity contribution is 6.35. The van der Waals surface area contributed by atoms with Crippen molar-refractivity contribution >= 4 is 34.9 Å². The normalized spacial score (nSPS) is 11.1. The van der Waals surface area contributed by atoms with Gasteiger partial charge in [0.1, 0.15) is 0 Å². The summed E-state index contributed by atoms with van der Waals surface area (Å²) < 4.78 is 0. The van der Waals surface area contributed by atoms with Crippen molar-refractivity contribution in [3.63, 3.8) is 0 Å². The second-order valence-electron chi connectivity index (χ2n) is 3.70. The summed E-state index contributed by atoms with van der Waals surface area (Å²) in [5.74, 6) is 0. The number of allylic oxidation sites excluding steroid dienone is 1. The molecule has 0 spiro atoms. The van der Waals surface area contributed by atoms with Gasteiger partial charge in [-0.2, -0.15) is 5.26 Å². The molecule has 2 aromatic carbocycles. The van der Waals surface area contributed by atoms with Crippen molar-refractivity contribution in [1.82, 2.24) is 0 Å². The molecule has 0 aliphatic carbocycles. The number of halogens is 2. The minimum absolute atomic E-state index is 0.534. The van der Waals surface area contributed by atoms with Crippen LogP contribution in [-0.2, 0) is 0 Å². The van der Waals surface area contributed by atoms with E-state index in [2.05, 4.69) is 6.07 Å². The van der Waals surface area contributed by atoms with E-state index in [1.54, 1.807) is 24.3 Å². The third-order valence-corrected chi connectivity index (χ3v) is 3.03. The standard InChI is InChI=1S/C15H9Cl2N/c16-14-7-6-12(15(17)9-14)8-13(10-18)11-4-2-1-3-5-11/h1-9H. The lowest BCUT2D eigenvalue weighted by atomic mass is 10.0. The van der Waals surface area contributed by atoms with Gasteiger partial charge in [-0.3, -0.25) is 0 Å². The number of hydrogen-bond donors (Lipinski definition) is 0. The van der Waals surface area contributed by atoms with Gasteiger partial charge in [-0.25, -0.2) is 0 Å². The highest BCUT2D eigenvalue weighted by atomic mass is 35.5. The monoisotopic (exact) mass is 273 g/mol. The maximum absolute atomic E-state index is 9.20. The molecule has 0 aliphatic heterocycles. The molecular weight excluding hydrogens is 265 g/mol. The van der Waals surface area contributed by atoms with E-state index in [1.807, 2.05) is 30.3 Å². The Hall–Kier alpha value is -1.75. The first kappa shape index (κ1) is 12.7. The van der Waals surface area contributed by atoms with Crippen molar-refractivity contribution in [2.24, 2.45) is 0 Å². The molecule has 0 heterocycles. The SMILES string of the molecule is N#CC(=Cc1ccc(Cl)cc1Cl)c1ccccc1. The van der Waals surface area contributed by atoms with Gasteiger partial charge in [0.25, 0.3) is 0 Å². The molecule has 0 aliphatic rings. The number of hydrogen-bond acceptors (Lipinski definition) is 1. The minimum atomic E-state index is 0.534. The number of rotatable bonds is 2. The maximum Gasteiger partial charge on any atom is 0.0998 e. The van der Waals surface area contributed by atoms with E-state index < -0.39 is 0 Å². The van der Waals surface area contributed by atoms with E-state index in [-0.39, 0.29) is 0 Å². The zero-order valence-corrected chi connectivity index (χ0v) is 10.9. The third-order valence-electron chi connectivity index (χ3n) is 2.47. The molecule has 0 aromatic heterocycles. The molecule has 0 N–H and O–H groups in total. The fourth-order valence-electron chi connectivity index (χ4n) is 1.57. The van der Waals surface area contributed by atoms with Gasteiger partial charge < -0.3 is 0 Å². The van der Waals surface area contributed by atoms with Crippen molar-refractivity contribution in [1.29, 1.82) is 5.26 Å². The average molecular weight is 274 g/mol. The van der Waals surface area contributed by atoms with Gasteiger partial charge in [-0.15, -0.1) is 0 Å². The van der Waals surface area contributed by atoms with Gasteiger partial charge in [0, 0.05) is 10.0 Å². The molecule has 2 aromatic rings. The van der Waals surface area contributed by atoms with Gasteiger partial charge in [-0.05, 0) is 29.3 Å². The van der Waals surface area contributed by atoms with Crippen LogP contribution in [-0.4, -0.2) is 0 Å². The Morgan fingerprint density at radius 3 is 2.39 bits per heavy atom. The summed E-state index contributed by atoms with van der Waals surface area (Å²) in [6.07, 6.45) is 1.76. The Bertz CT molecular complexity index is 625. The molecule has 0 saturated heterocycles. The van der Waals surface area contributed by atoms with Gasteiger partial charge in [-0.1, -0.05) is 59.6 Å². The van der Waals surface area contributed by atoms with Crippen LogP contribution >= 0.6 is 23.2 Å². The van der Waals surface area contributed by atoms with E-state index in [4.69, 9.17) is 23.2 Å². The van der Waals surface area contributed by atoms with Crippen molar-refractivity contribution in [3.8, 4) is 6.07 Å². The van der Waals surface area contributed by atoms with Crippen LogP contribution in [0.15, 0.2) is 48.5 Å². The maximum atomic E-state index is 9.20. The predicted octanol–water partition coefficient (Wildman–Crippen LogP) is 5.06. The van der Waals surface area contributed by atoms with Crippen LogP contribution < -0.4 is 0 Å². The highest BCUT2D eigenvalue weighted by Crippen LogP contribution is 2.25. The number of nitrogens with zero attached hydrogens (tertiary/aromatic N) is 1. The van der Waals surface area contributed by atoms with Crippen LogP contribution in [0, 0.1) is 11.3 Å². The summed E-state index contributed by atoms with van der Waals surface area (Å²) in [5.41, 5.74) is 2.22. The third kappa shape index (κ3) is 2.92. The van der Waals surface area contributed by atoms with Gasteiger partial charge >= 0.3 is 0 Å². The van der Waals surface area contributed by atoms with Crippen LogP contribution in [0.4, 0.5) is 0 Å². The van der Waals surface area contributed by atoms with E-state index in [0.29, 0.717) is 15.6 Å². The average Bonchev–Trinajstić information content (AvgIpc) is 2.39. The molecule has 0 atom stereocenters. The van der Waals surface area contributed by atoms with Crippen LogP contribution in [0.2, 0.25) is 10.0 Å². The van der Waals surface area contributed by atoms with E-state index in [0.717, 1.165) is 11.1 Å². The molecule has 18 heavy (non-hydrogen) atoms. The Morgan fingerprint density at radius 1 is 1.06 bits per heavy atom. The lowest BCUT2D eigenvalue weighted by Gasteiger charge is -2.02. The highest BCUT2D eigenvalue weighted by Gasteiger charge is 2.03. The molecule has 0 fully saturated rings. The van der Waals surface area contributed by atoms with Crippen LogP contribution in [0.3, 0.4) is 0 Å². The largest absolute Gasteiger partial charge is 0.192 e. The minimum Gasteiger partial charge on any atom is -0.192 e. The topological polar surface area (TPSA) is 23.8 Å². The molecule has 0 radical (unpaired) electrons. The Labute approximate surface area is 116 Å². The second-order valence-corrected chi connectivity index (χ2v) is 4.55. The molecule has 3 heteroatoms. The molecule has 0 unspecified atom stereocenters. The molecule has 2 rings (SSSR count). The Kier molecular flexibility index (Phi) is 4.04. The summed E-state index contributed by atoms with van der Waals surface area (Å²) in [7, 11) is 0. The molecule has 88 valence electrons. The predicted molar refractivity (Wildman–Crippen MR) is 76.4 cm³/mol. The summed E-state index contributed by atoms with van der Waals surface area (Å²) in [5, 5.41) is 10.3. The molecule has 0 amide bonds. The fraction of sp³-hybridized carbons (Fsp3) is 0. The molecule has 1 nitrogen and oxygen atoms in total. The van der Waals surface area contributed by atoms with Crippen molar-refractivity contribution in [2.75, 3.05) is 0 Å². The zero-order valence-electron chi connectivity index (χ0n) is 9.40. The zero-order chi connectivity index (χ0) is 13.0. The van der Waals surface area contributed by atoms with Crippen molar-refractivity contribution < 1.29 is 0 Å². The Morgan fingerprint density at radius 2 is 1.78 bits per heavy atom. The Balaban J connectivity index is 2.45. The van der Waals surface area contributed by atoms with Gasteiger partial charge in [0.15, 0.2) is 0 Å². The smallest absolute Gasteiger partial charge is 0.0998 e. The van der Waals surface area contributed by atoms with Crippen LogP contribution in [0.5, 0.6) is 0 Å². The van der Waals surface area contributed by atoms with Gasteiger partial charge in [0.2, 0.25) is 0 Å². The first-order chi connectivity index (χ1) is 8.70. The summed E-state index contributed by atoms with van der Waals surface area (Å²) in [6.45, 7) is 0. The van der Waals surface area contributed by atoms with E-state index in [1.165, 1.54) is 0 Å². The van der Waals surface area contributed by atoms with Crippen LogP contribution in [0.1, 0.15) is 11.1 Å². The van der Waals surface area contributed by atoms with Gasteiger partial charge in [0.05, 0.1) is 11.6 Å². The summed E-state index contributed by atoms with van der Waals surface area (Å²) in [6, 6.07) is 16.9. The lowest BCUT2D eigenvalue weighted by Crippen LogP contribution is -1.82. The molecule has 0 saturated carbocycles. The first-order valence-corrected chi connectivity index (χ1v) is 6.08. The summed E-state index contributed by atoms with van der Waals surface area (Å²) in [4.78, 5) is 0. The van der Waals surface area contributed by atoms with E-state index in [9.17, 15) is 5.26 Å². The lowest BCUT2D eigenvalue weighted by molar-refractivity contribution is 1.52. The first-order valence-electron chi connectivity index (χ1n) is 5.33. The van der Waals surface area contributed by atoms with Crippen LogP contribution in [0.25, 0.3) is 11.6 Å². The molecular formula is C15H9Cl2N.